The Kier molecular flexibility index (Phi) is 6.29. The van der Waals surface area contributed by atoms with Crippen LogP contribution in [0.4, 0.5) is 17.6 Å². The molecule has 3 nitrogen and oxygen atoms in total. The van der Waals surface area contributed by atoms with Crippen molar-refractivity contribution < 1.29 is 22.3 Å². The first kappa shape index (κ1) is 21.2. The topological polar surface area (TPSA) is 45.9 Å². The van der Waals surface area contributed by atoms with E-state index in [0.717, 1.165) is 22.9 Å². The largest absolute Gasteiger partial charge is 0.573 e. The van der Waals surface area contributed by atoms with Gasteiger partial charge in [-0.05, 0) is 65.6 Å². The first-order chi connectivity index (χ1) is 14.2. The number of rotatable bonds is 3. The molecule has 0 aliphatic carbocycles. The number of hydrogen-bond acceptors (Lipinski definition) is 4. The van der Waals surface area contributed by atoms with E-state index in [9.17, 15) is 17.6 Å². The normalized spacial score (nSPS) is 10.7. The van der Waals surface area contributed by atoms with Crippen LogP contribution in [0.1, 0.15) is 16.8 Å². The quantitative estimate of drug-likeness (QED) is 0.220. The number of pyridine rings is 1. The van der Waals surface area contributed by atoms with Gasteiger partial charge in [0.05, 0.1) is 0 Å². The Morgan fingerprint density at radius 2 is 1.70 bits per heavy atom. The minimum absolute atomic E-state index is 0.0268. The van der Waals surface area contributed by atoms with Gasteiger partial charge in [-0.2, -0.15) is 5.26 Å². The van der Waals surface area contributed by atoms with Gasteiger partial charge in [-0.1, -0.05) is 30.2 Å². The monoisotopic (exact) mass is 428 g/mol. The van der Waals surface area contributed by atoms with Crippen molar-refractivity contribution in [3.63, 3.8) is 0 Å². The summed E-state index contributed by atoms with van der Waals surface area (Å²) < 4.78 is 54.7. The fourth-order valence-corrected chi connectivity index (χ4v) is 2.95. The molecule has 0 fully saturated rings. The summed E-state index contributed by atoms with van der Waals surface area (Å²) in [6, 6.07) is 12.1. The molecule has 150 valence electrons. The summed E-state index contributed by atoms with van der Waals surface area (Å²) >= 11 is 0.809. The molecule has 0 unspecified atom stereocenters. The van der Waals surface area contributed by atoms with E-state index in [0.29, 0.717) is 16.0 Å². The number of halogens is 4. The zero-order valence-corrected chi connectivity index (χ0v) is 16.2. The SMILES string of the molecule is Cc1cc(-c2ccc(OC(F)(F)F)cc2)ccc1C#Cc1ncc(SC#N)cc1F. The van der Waals surface area contributed by atoms with Gasteiger partial charge in [0.15, 0.2) is 5.82 Å². The molecule has 0 atom stereocenters. The van der Waals surface area contributed by atoms with Crippen molar-refractivity contribution in [2.75, 3.05) is 0 Å². The van der Waals surface area contributed by atoms with Crippen LogP contribution in [0.25, 0.3) is 11.1 Å². The maximum Gasteiger partial charge on any atom is 0.573 e. The number of nitriles is 1. The van der Waals surface area contributed by atoms with Gasteiger partial charge in [0.1, 0.15) is 16.8 Å². The van der Waals surface area contributed by atoms with Crippen molar-refractivity contribution in [3.8, 4) is 34.1 Å². The highest BCUT2D eigenvalue weighted by molar-refractivity contribution is 8.03. The molecule has 3 rings (SSSR count). The van der Waals surface area contributed by atoms with E-state index >= 15 is 0 Å². The maximum atomic E-state index is 14.0. The summed E-state index contributed by atoms with van der Waals surface area (Å²) in [7, 11) is 0. The second-order valence-corrected chi connectivity index (χ2v) is 6.90. The van der Waals surface area contributed by atoms with E-state index in [2.05, 4.69) is 21.6 Å². The Bertz CT molecular complexity index is 1170. The number of thiocyanates is 1. The molecule has 0 amide bonds. The number of ether oxygens (including phenoxy) is 1. The minimum atomic E-state index is -4.73. The van der Waals surface area contributed by atoms with Crippen LogP contribution >= 0.6 is 11.8 Å². The van der Waals surface area contributed by atoms with E-state index in [1.807, 2.05) is 18.4 Å². The van der Waals surface area contributed by atoms with Crippen LogP contribution in [-0.4, -0.2) is 11.3 Å². The van der Waals surface area contributed by atoms with Gasteiger partial charge in [-0.15, -0.1) is 13.2 Å². The van der Waals surface area contributed by atoms with Crippen molar-refractivity contribution in [1.82, 2.24) is 4.98 Å². The van der Waals surface area contributed by atoms with Gasteiger partial charge in [0.2, 0.25) is 0 Å². The van der Waals surface area contributed by atoms with E-state index in [-0.39, 0.29) is 11.4 Å². The summed E-state index contributed by atoms with van der Waals surface area (Å²) in [5, 5.41) is 10.5. The van der Waals surface area contributed by atoms with Crippen LogP contribution in [0.5, 0.6) is 5.75 Å². The first-order valence-corrected chi connectivity index (χ1v) is 9.27. The molecule has 1 heterocycles. The van der Waals surface area contributed by atoms with Crippen LogP contribution in [0.3, 0.4) is 0 Å². The third-order valence-electron chi connectivity index (χ3n) is 3.94. The molecule has 30 heavy (non-hydrogen) atoms. The standard InChI is InChI=1S/C22H12F4N2OS/c1-14-10-17(16-4-7-18(8-5-16)29-22(24,25)26)3-2-15(14)6-9-21-20(23)11-19(12-28-21)30-13-27/h2-5,7-8,10-12H,1H3. The Morgan fingerprint density at radius 1 is 1.00 bits per heavy atom. The van der Waals surface area contributed by atoms with E-state index in [1.165, 1.54) is 36.5 Å². The minimum Gasteiger partial charge on any atom is -0.406 e. The lowest BCUT2D eigenvalue weighted by atomic mass is 10.00. The highest BCUT2D eigenvalue weighted by Gasteiger charge is 2.30. The number of aryl methyl sites for hydroxylation is 1. The Hall–Kier alpha value is -3.49. The summed E-state index contributed by atoms with van der Waals surface area (Å²) in [4.78, 5) is 4.32. The van der Waals surface area contributed by atoms with Gasteiger partial charge < -0.3 is 4.74 Å². The molecule has 2 aromatic carbocycles. The Labute approximate surface area is 174 Å². The average Bonchev–Trinajstić information content (AvgIpc) is 2.68. The highest BCUT2D eigenvalue weighted by atomic mass is 32.2. The average molecular weight is 428 g/mol. The van der Waals surface area contributed by atoms with Crippen LogP contribution < -0.4 is 4.74 Å². The number of aromatic nitrogens is 1. The fraction of sp³-hybridized carbons (Fsp3) is 0.0909. The summed E-state index contributed by atoms with van der Waals surface area (Å²) in [5.74, 6) is 4.64. The molecule has 0 aliphatic heterocycles. The molecule has 0 bridgehead atoms. The van der Waals surface area contributed by atoms with Crippen molar-refractivity contribution in [2.24, 2.45) is 0 Å². The summed E-state index contributed by atoms with van der Waals surface area (Å²) in [6.45, 7) is 1.82. The smallest absolute Gasteiger partial charge is 0.406 e. The van der Waals surface area contributed by atoms with E-state index < -0.39 is 12.2 Å². The predicted molar refractivity (Wildman–Crippen MR) is 105 cm³/mol. The van der Waals surface area contributed by atoms with Gasteiger partial charge >= 0.3 is 6.36 Å². The first-order valence-electron chi connectivity index (χ1n) is 8.45. The van der Waals surface area contributed by atoms with Crippen molar-refractivity contribution in [3.05, 3.63) is 77.4 Å². The zero-order valence-electron chi connectivity index (χ0n) is 15.4. The number of nitrogens with zero attached hydrogens (tertiary/aromatic N) is 2. The molecule has 8 heteroatoms. The van der Waals surface area contributed by atoms with Crippen LogP contribution in [0, 0.1) is 35.2 Å². The number of hydrogen-bond donors (Lipinski definition) is 0. The molecular formula is C22H12F4N2OS. The highest BCUT2D eigenvalue weighted by Crippen LogP contribution is 2.27. The number of thioether (sulfide) groups is 1. The van der Waals surface area contributed by atoms with E-state index in [4.69, 9.17) is 5.26 Å². The Morgan fingerprint density at radius 3 is 2.30 bits per heavy atom. The molecule has 3 aromatic rings. The van der Waals surface area contributed by atoms with Crippen molar-refractivity contribution >= 4 is 11.8 Å². The Balaban J connectivity index is 1.80. The second kappa shape index (κ2) is 8.89. The van der Waals surface area contributed by atoms with E-state index in [1.54, 1.807) is 12.1 Å². The molecule has 0 saturated heterocycles. The molecule has 0 saturated carbocycles. The lowest BCUT2D eigenvalue weighted by Crippen LogP contribution is -2.16. The third-order valence-corrected chi connectivity index (χ3v) is 4.49. The van der Waals surface area contributed by atoms with Gasteiger partial charge in [0.25, 0.3) is 0 Å². The lowest BCUT2D eigenvalue weighted by Gasteiger charge is -2.10. The molecule has 0 aliphatic rings. The maximum absolute atomic E-state index is 14.0. The van der Waals surface area contributed by atoms with Gasteiger partial charge in [-0.3, -0.25) is 0 Å². The fourth-order valence-electron chi connectivity index (χ4n) is 2.58. The molecule has 0 N–H and O–H groups in total. The molecular weight excluding hydrogens is 416 g/mol. The van der Waals surface area contributed by atoms with Gasteiger partial charge in [0, 0.05) is 16.7 Å². The number of benzene rings is 2. The van der Waals surface area contributed by atoms with Crippen LogP contribution in [0.15, 0.2) is 59.6 Å². The van der Waals surface area contributed by atoms with Crippen LogP contribution in [-0.2, 0) is 0 Å². The third kappa shape index (κ3) is 5.53. The second-order valence-electron chi connectivity index (χ2n) is 6.05. The number of alkyl halides is 3. The van der Waals surface area contributed by atoms with Crippen molar-refractivity contribution in [2.45, 2.75) is 18.2 Å². The zero-order chi connectivity index (χ0) is 21.7. The molecule has 0 radical (unpaired) electrons. The predicted octanol–water partition coefficient (Wildman–Crippen LogP) is 6.07. The molecule has 0 spiro atoms. The molecule has 1 aromatic heterocycles. The summed E-state index contributed by atoms with van der Waals surface area (Å²) in [5.41, 5.74) is 2.95. The van der Waals surface area contributed by atoms with Crippen LogP contribution in [0.2, 0.25) is 0 Å². The van der Waals surface area contributed by atoms with Gasteiger partial charge in [-0.25, -0.2) is 9.37 Å². The summed E-state index contributed by atoms with van der Waals surface area (Å²) in [6.07, 6.45) is -3.36. The lowest BCUT2D eigenvalue weighted by molar-refractivity contribution is -0.274. The van der Waals surface area contributed by atoms with Crippen molar-refractivity contribution in [1.29, 1.82) is 5.26 Å².